The standard InChI is InChI=1S/C12H11ClOS/c1-9-5-3-7-12(13)11(9)6-4-8-15-10(2)14/h3,5,7H,8H2,1-2H3. The molecule has 0 aliphatic rings. The lowest BCUT2D eigenvalue weighted by Crippen LogP contribution is -1.85. The molecule has 0 aliphatic carbocycles. The number of halogens is 1. The van der Waals surface area contributed by atoms with Crippen LogP contribution in [-0.2, 0) is 4.79 Å². The van der Waals surface area contributed by atoms with E-state index in [4.69, 9.17) is 11.6 Å². The molecule has 3 heteroatoms. The molecule has 0 heterocycles. The fourth-order valence-corrected chi connectivity index (χ4v) is 1.67. The summed E-state index contributed by atoms with van der Waals surface area (Å²) in [6.07, 6.45) is 0. The predicted octanol–water partition coefficient (Wildman–Crippen LogP) is 3.28. The van der Waals surface area contributed by atoms with Crippen molar-refractivity contribution in [3.8, 4) is 11.8 Å². The Morgan fingerprint density at radius 1 is 1.53 bits per heavy atom. The number of benzene rings is 1. The Bertz CT molecular complexity index is 409. The number of hydrogen-bond donors (Lipinski definition) is 0. The third kappa shape index (κ3) is 3.99. The van der Waals surface area contributed by atoms with Crippen molar-refractivity contribution in [2.24, 2.45) is 0 Å². The summed E-state index contributed by atoms with van der Waals surface area (Å²) in [7, 11) is 0. The summed E-state index contributed by atoms with van der Waals surface area (Å²) in [5.41, 5.74) is 1.91. The summed E-state index contributed by atoms with van der Waals surface area (Å²) in [5.74, 6) is 6.42. The van der Waals surface area contributed by atoms with Gasteiger partial charge in [0.2, 0.25) is 0 Å². The van der Waals surface area contributed by atoms with Crippen molar-refractivity contribution in [3.05, 3.63) is 34.3 Å². The van der Waals surface area contributed by atoms with Crippen molar-refractivity contribution in [1.29, 1.82) is 0 Å². The summed E-state index contributed by atoms with van der Waals surface area (Å²) >= 11 is 7.20. The van der Waals surface area contributed by atoms with Gasteiger partial charge in [0.1, 0.15) is 0 Å². The molecular weight excluding hydrogens is 228 g/mol. The van der Waals surface area contributed by atoms with E-state index in [0.717, 1.165) is 11.1 Å². The molecule has 0 aliphatic heterocycles. The van der Waals surface area contributed by atoms with Crippen LogP contribution in [0.15, 0.2) is 18.2 Å². The van der Waals surface area contributed by atoms with E-state index in [0.29, 0.717) is 10.8 Å². The molecule has 0 aromatic heterocycles. The fraction of sp³-hybridized carbons (Fsp3) is 0.250. The molecule has 0 bridgehead atoms. The van der Waals surface area contributed by atoms with E-state index in [9.17, 15) is 4.79 Å². The van der Waals surface area contributed by atoms with Gasteiger partial charge in [0, 0.05) is 12.5 Å². The molecule has 1 rings (SSSR count). The number of rotatable bonds is 1. The van der Waals surface area contributed by atoms with Gasteiger partial charge in [-0.2, -0.15) is 0 Å². The van der Waals surface area contributed by atoms with Crippen LogP contribution >= 0.6 is 23.4 Å². The SMILES string of the molecule is CC(=O)SCC#Cc1c(C)cccc1Cl. The van der Waals surface area contributed by atoms with Crippen molar-refractivity contribution in [3.63, 3.8) is 0 Å². The van der Waals surface area contributed by atoms with E-state index in [2.05, 4.69) is 11.8 Å². The number of carbonyl (C=O) groups excluding carboxylic acids is 1. The molecule has 0 N–H and O–H groups in total. The molecule has 0 spiro atoms. The Morgan fingerprint density at radius 2 is 2.27 bits per heavy atom. The van der Waals surface area contributed by atoms with Gasteiger partial charge in [-0.15, -0.1) is 0 Å². The molecule has 78 valence electrons. The first-order valence-corrected chi connectivity index (χ1v) is 5.85. The van der Waals surface area contributed by atoms with Crippen LogP contribution in [0.2, 0.25) is 5.02 Å². The van der Waals surface area contributed by atoms with E-state index >= 15 is 0 Å². The molecule has 0 saturated heterocycles. The second-order valence-electron chi connectivity index (χ2n) is 3.01. The molecule has 1 nitrogen and oxygen atoms in total. The van der Waals surface area contributed by atoms with E-state index < -0.39 is 0 Å². The summed E-state index contributed by atoms with van der Waals surface area (Å²) in [5, 5.41) is 0.746. The molecule has 0 atom stereocenters. The number of carbonyl (C=O) groups is 1. The fourth-order valence-electron chi connectivity index (χ4n) is 1.05. The van der Waals surface area contributed by atoms with Gasteiger partial charge in [0.05, 0.1) is 10.8 Å². The summed E-state index contributed by atoms with van der Waals surface area (Å²) < 4.78 is 0. The number of aryl methyl sites for hydroxylation is 1. The molecule has 0 fully saturated rings. The summed E-state index contributed by atoms with van der Waals surface area (Å²) in [6, 6.07) is 5.68. The Morgan fingerprint density at radius 3 is 2.87 bits per heavy atom. The van der Waals surface area contributed by atoms with Crippen LogP contribution in [0, 0.1) is 18.8 Å². The third-order valence-corrected chi connectivity index (χ3v) is 2.79. The van der Waals surface area contributed by atoms with Crippen LogP contribution in [-0.4, -0.2) is 10.9 Å². The lowest BCUT2D eigenvalue weighted by Gasteiger charge is -1.99. The molecule has 1 aromatic rings. The van der Waals surface area contributed by atoms with Gasteiger partial charge < -0.3 is 0 Å². The minimum absolute atomic E-state index is 0.0835. The molecule has 0 saturated carbocycles. The van der Waals surface area contributed by atoms with E-state index in [-0.39, 0.29) is 5.12 Å². The lowest BCUT2D eigenvalue weighted by atomic mass is 10.1. The monoisotopic (exact) mass is 238 g/mol. The molecule has 1 aromatic carbocycles. The third-order valence-electron chi connectivity index (χ3n) is 1.78. The summed E-state index contributed by atoms with van der Waals surface area (Å²) in [6.45, 7) is 3.50. The largest absolute Gasteiger partial charge is 0.288 e. The first-order valence-electron chi connectivity index (χ1n) is 4.48. The predicted molar refractivity (Wildman–Crippen MR) is 66.2 cm³/mol. The van der Waals surface area contributed by atoms with Crippen molar-refractivity contribution >= 4 is 28.5 Å². The summed E-state index contributed by atoms with van der Waals surface area (Å²) in [4.78, 5) is 10.7. The maximum atomic E-state index is 10.7. The first-order chi connectivity index (χ1) is 7.11. The Balaban J connectivity index is 2.75. The van der Waals surface area contributed by atoms with Crippen molar-refractivity contribution < 1.29 is 4.79 Å². The Hall–Kier alpha value is -0.910. The normalized spacial score (nSPS) is 9.27. The van der Waals surface area contributed by atoms with Crippen molar-refractivity contribution in [2.45, 2.75) is 13.8 Å². The number of thioether (sulfide) groups is 1. The topological polar surface area (TPSA) is 17.1 Å². The highest BCUT2D eigenvalue weighted by molar-refractivity contribution is 8.13. The average molecular weight is 239 g/mol. The zero-order valence-corrected chi connectivity index (χ0v) is 10.2. The molecule has 0 radical (unpaired) electrons. The Labute approximate surface area is 99.2 Å². The molecular formula is C12H11ClOS. The van der Waals surface area contributed by atoms with Crippen LogP contribution in [0.1, 0.15) is 18.1 Å². The maximum absolute atomic E-state index is 10.7. The second kappa shape index (κ2) is 5.85. The van der Waals surface area contributed by atoms with Gasteiger partial charge in [-0.1, -0.05) is 47.3 Å². The highest BCUT2D eigenvalue weighted by atomic mass is 35.5. The smallest absolute Gasteiger partial charge is 0.186 e. The maximum Gasteiger partial charge on any atom is 0.186 e. The van der Waals surface area contributed by atoms with Crippen LogP contribution in [0.3, 0.4) is 0 Å². The van der Waals surface area contributed by atoms with Crippen LogP contribution < -0.4 is 0 Å². The van der Waals surface area contributed by atoms with Gasteiger partial charge in [0.25, 0.3) is 0 Å². The zero-order valence-electron chi connectivity index (χ0n) is 8.63. The Kier molecular flexibility index (Phi) is 4.74. The van der Waals surface area contributed by atoms with Crippen molar-refractivity contribution in [1.82, 2.24) is 0 Å². The zero-order chi connectivity index (χ0) is 11.3. The number of hydrogen-bond acceptors (Lipinski definition) is 2. The van der Waals surface area contributed by atoms with Gasteiger partial charge in [-0.3, -0.25) is 4.79 Å². The molecule has 0 amide bonds. The second-order valence-corrected chi connectivity index (χ2v) is 4.57. The van der Waals surface area contributed by atoms with Gasteiger partial charge in [0.15, 0.2) is 5.12 Å². The van der Waals surface area contributed by atoms with Crippen LogP contribution in [0.4, 0.5) is 0 Å². The first kappa shape index (κ1) is 12.2. The van der Waals surface area contributed by atoms with Gasteiger partial charge in [-0.25, -0.2) is 0 Å². The van der Waals surface area contributed by atoms with E-state index in [1.165, 1.54) is 18.7 Å². The molecule has 0 unspecified atom stereocenters. The van der Waals surface area contributed by atoms with Crippen molar-refractivity contribution in [2.75, 3.05) is 5.75 Å². The van der Waals surface area contributed by atoms with E-state index in [1.807, 2.05) is 25.1 Å². The van der Waals surface area contributed by atoms with Gasteiger partial charge in [-0.05, 0) is 18.6 Å². The average Bonchev–Trinajstić information content (AvgIpc) is 2.15. The quantitative estimate of drug-likeness (QED) is 0.699. The lowest BCUT2D eigenvalue weighted by molar-refractivity contribution is -0.109. The van der Waals surface area contributed by atoms with E-state index in [1.54, 1.807) is 0 Å². The molecule has 15 heavy (non-hydrogen) atoms. The highest BCUT2D eigenvalue weighted by Gasteiger charge is 1.98. The minimum Gasteiger partial charge on any atom is -0.288 e. The highest BCUT2D eigenvalue weighted by Crippen LogP contribution is 2.17. The van der Waals surface area contributed by atoms with Gasteiger partial charge >= 0.3 is 0 Å². The van der Waals surface area contributed by atoms with Crippen LogP contribution in [0.5, 0.6) is 0 Å². The van der Waals surface area contributed by atoms with Crippen LogP contribution in [0.25, 0.3) is 0 Å². The minimum atomic E-state index is 0.0835.